The Morgan fingerprint density at radius 3 is 2.75 bits per heavy atom. The first kappa shape index (κ1) is 22.6. The molecule has 4 rings (SSSR count). The van der Waals surface area contributed by atoms with Crippen molar-refractivity contribution in [1.82, 2.24) is 4.98 Å². The number of pyridine rings is 1. The van der Waals surface area contributed by atoms with Gasteiger partial charge in [-0.2, -0.15) is 0 Å². The smallest absolute Gasteiger partial charge is 0.355 e. The summed E-state index contributed by atoms with van der Waals surface area (Å²) in [5.41, 5.74) is 0.930. The lowest BCUT2D eigenvalue weighted by atomic mass is 9.98. The summed E-state index contributed by atoms with van der Waals surface area (Å²) >= 11 is 0. The zero-order valence-corrected chi connectivity index (χ0v) is 18.4. The zero-order valence-electron chi connectivity index (χ0n) is 18.4. The quantitative estimate of drug-likeness (QED) is 0.468. The summed E-state index contributed by atoms with van der Waals surface area (Å²) in [4.78, 5) is 30.8. The highest BCUT2D eigenvalue weighted by atomic mass is 19.1. The van der Waals surface area contributed by atoms with Crippen LogP contribution < -0.4 is 4.90 Å². The fourth-order valence-electron chi connectivity index (χ4n) is 4.58. The van der Waals surface area contributed by atoms with Crippen molar-refractivity contribution >= 4 is 23.3 Å². The normalized spacial score (nSPS) is 21.2. The van der Waals surface area contributed by atoms with Gasteiger partial charge >= 0.3 is 5.97 Å². The second-order valence-electron chi connectivity index (χ2n) is 8.28. The molecule has 1 aliphatic carbocycles. The molecular formula is C24H29FN2O5. The first-order valence-electron chi connectivity index (χ1n) is 11.5. The third-order valence-corrected chi connectivity index (χ3v) is 6.15. The van der Waals surface area contributed by atoms with Crippen molar-refractivity contribution in [3.8, 4) is 0 Å². The monoisotopic (exact) mass is 444 g/mol. The van der Waals surface area contributed by atoms with Gasteiger partial charge in [-0.25, -0.2) is 19.0 Å². The van der Waals surface area contributed by atoms with Crippen LogP contribution in [0.15, 0.2) is 17.8 Å². The SMILES string of the molecule is CCOC(=O)C1=CC(=C=O)c2cc(F)c(CCOC3CCCCO3)nc2N1C1CCCC1. The van der Waals surface area contributed by atoms with Crippen molar-refractivity contribution in [2.45, 2.75) is 70.6 Å². The fourth-order valence-corrected chi connectivity index (χ4v) is 4.58. The van der Waals surface area contributed by atoms with E-state index in [1.54, 1.807) is 6.92 Å². The van der Waals surface area contributed by atoms with Gasteiger partial charge in [0.1, 0.15) is 23.3 Å². The summed E-state index contributed by atoms with van der Waals surface area (Å²) in [6.07, 6.45) is 8.18. The Labute approximate surface area is 187 Å². The number of halogens is 1. The van der Waals surface area contributed by atoms with Crippen LogP contribution in [-0.2, 0) is 30.2 Å². The molecule has 32 heavy (non-hydrogen) atoms. The first-order valence-corrected chi connectivity index (χ1v) is 11.5. The third kappa shape index (κ3) is 4.77. The highest BCUT2D eigenvalue weighted by molar-refractivity contribution is 6.06. The Kier molecular flexibility index (Phi) is 7.35. The van der Waals surface area contributed by atoms with Gasteiger partial charge in [-0.1, -0.05) is 12.8 Å². The molecule has 0 amide bonds. The molecule has 2 aliphatic heterocycles. The number of aromatic nitrogens is 1. The lowest BCUT2D eigenvalue weighted by Gasteiger charge is -2.35. The molecule has 0 N–H and O–H groups in total. The van der Waals surface area contributed by atoms with Crippen molar-refractivity contribution in [1.29, 1.82) is 0 Å². The minimum atomic E-state index is -0.525. The highest BCUT2D eigenvalue weighted by Gasteiger charge is 2.36. The Bertz CT molecular complexity index is 929. The van der Waals surface area contributed by atoms with E-state index in [2.05, 4.69) is 4.98 Å². The molecule has 1 saturated heterocycles. The molecule has 2 fully saturated rings. The number of esters is 1. The lowest BCUT2D eigenvalue weighted by Crippen LogP contribution is -2.39. The number of nitrogens with zero attached hydrogens (tertiary/aromatic N) is 2. The number of rotatable bonds is 7. The van der Waals surface area contributed by atoms with Crippen molar-refractivity contribution in [2.75, 3.05) is 24.7 Å². The van der Waals surface area contributed by atoms with E-state index in [-0.39, 0.29) is 48.9 Å². The van der Waals surface area contributed by atoms with Crippen LogP contribution in [0.2, 0.25) is 0 Å². The van der Waals surface area contributed by atoms with Gasteiger partial charge in [-0.3, -0.25) is 0 Å². The number of ether oxygens (including phenoxy) is 3. The molecular weight excluding hydrogens is 415 g/mol. The average molecular weight is 445 g/mol. The van der Waals surface area contributed by atoms with E-state index in [1.807, 2.05) is 10.8 Å². The van der Waals surface area contributed by atoms with Gasteiger partial charge in [0.05, 0.1) is 24.5 Å². The molecule has 0 radical (unpaired) electrons. The van der Waals surface area contributed by atoms with Crippen LogP contribution in [0.3, 0.4) is 0 Å². The Morgan fingerprint density at radius 2 is 2.06 bits per heavy atom. The van der Waals surface area contributed by atoms with Gasteiger partial charge in [0.2, 0.25) is 0 Å². The Balaban J connectivity index is 1.64. The molecule has 3 heterocycles. The molecule has 8 heteroatoms. The number of hydrogen-bond acceptors (Lipinski definition) is 7. The summed E-state index contributed by atoms with van der Waals surface area (Å²) < 4.78 is 31.5. The third-order valence-electron chi connectivity index (χ3n) is 6.15. The maximum atomic E-state index is 14.9. The Morgan fingerprint density at radius 1 is 1.28 bits per heavy atom. The number of carbonyl (C=O) groups is 1. The van der Waals surface area contributed by atoms with Crippen molar-refractivity contribution in [3.05, 3.63) is 34.9 Å². The van der Waals surface area contributed by atoms with Crippen molar-refractivity contribution < 1.29 is 28.2 Å². The van der Waals surface area contributed by atoms with E-state index in [0.29, 0.717) is 18.0 Å². The number of carbonyl (C=O) groups excluding carboxylic acids is 2. The maximum Gasteiger partial charge on any atom is 0.355 e. The predicted molar refractivity (Wildman–Crippen MR) is 116 cm³/mol. The van der Waals surface area contributed by atoms with Crippen LogP contribution in [-0.4, -0.2) is 49.0 Å². The molecule has 3 aliphatic rings. The van der Waals surface area contributed by atoms with Gasteiger partial charge in [0, 0.05) is 24.6 Å². The average Bonchev–Trinajstić information content (AvgIpc) is 3.34. The summed E-state index contributed by atoms with van der Waals surface area (Å²) in [6.45, 7) is 2.89. The van der Waals surface area contributed by atoms with Crippen LogP contribution >= 0.6 is 0 Å². The molecule has 1 saturated carbocycles. The van der Waals surface area contributed by atoms with Crippen LogP contribution in [0.25, 0.3) is 5.57 Å². The van der Waals surface area contributed by atoms with Gasteiger partial charge < -0.3 is 19.1 Å². The molecule has 1 atom stereocenters. The lowest BCUT2D eigenvalue weighted by molar-refractivity contribution is -0.161. The standard InChI is InChI=1S/C24H29FN2O5/c1-2-30-24(29)21-13-16(15-28)18-14-19(25)20(10-12-32-22-9-5-6-11-31-22)26-23(18)27(21)17-7-3-4-8-17/h13-14,17,22H,2-12H2,1H3. The van der Waals surface area contributed by atoms with Crippen LogP contribution in [0.4, 0.5) is 10.2 Å². The molecule has 172 valence electrons. The Hall–Kier alpha value is -2.54. The first-order chi connectivity index (χ1) is 15.6. The summed E-state index contributed by atoms with van der Waals surface area (Å²) in [5, 5.41) is 0. The van der Waals surface area contributed by atoms with Gasteiger partial charge in [0.15, 0.2) is 6.29 Å². The summed E-state index contributed by atoms with van der Waals surface area (Å²) in [5.74, 6) is 1.21. The maximum absolute atomic E-state index is 14.9. The van der Waals surface area contributed by atoms with E-state index in [4.69, 9.17) is 14.2 Å². The summed E-state index contributed by atoms with van der Waals surface area (Å²) in [7, 11) is 0. The molecule has 0 spiro atoms. The second kappa shape index (κ2) is 10.4. The van der Waals surface area contributed by atoms with Crippen LogP contribution in [0, 0.1) is 5.82 Å². The van der Waals surface area contributed by atoms with E-state index < -0.39 is 11.8 Å². The minimum absolute atomic E-state index is 0.0373. The van der Waals surface area contributed by atoms with Crippen LogP contribution in [0.5, 0.6) is 0 Å². The number of anilines is 1. The fraction of sp³-hybridized carbons (Fsp3) is 0.583. The van der Waals surface area contributed by atoms with E-state index in [9.17, 15) is 14.0 Å². The largest absolute Gasteiger partial charge is 0.461 e. The van der Waals surface area contributed by atoms with Crippen LogP contribution in [0.1, 0.15) is 63.1 Å². The van der Waals surface area contributed by atoms with E-state index in [1.165, 1.54) is 12.1 Å². The van der Waals surface area contributed by atoms with Crippen molar-refractivity contribution in [2.24, 2.45) is 0 Å². The number of hydrogen-bond donors (Lipinski definition) is 0. The molecule has 0 aromatic carbocycles. The predicted octanol–water partition coefficient (Wildman–Crippen LogP) is 3.73. The topological polar surface area (TPSA) is 78.0 Å². The number of allylic oxidation sites excluding steroid dienone is 2. The molecule has 1 unspecified atom stereocenters. The minimum Gasteiger partial charge on any atom is -0.461 e. The van der Waals surface area contributed by atoms with Crippen molar-refractivity contribution in [3.63, 3.8) is 0 Å². The van der Waals surface area contributed by atoms with E-state index in [0.717, 1.165) is 44.9 Å². The van der Waals surface area contributed by atoms with E-state index >= 15 is 0 Å². The molecule has 0 bridgehead atoms. The second-order valence-corrected chi connectivity index (χ2v) is 8.28. The van der Waals surface area contributed by atoms with Gasteiger partial charge in [-0.05, 0) is 51.2 Å². The zero-order chi connectivity index (χ0) is 22.5. The number of fused-ring (bicyclic) bond motifs is 1. The molecule has 1 aromatic heterocycles. The molecule has 1 aromatic rings. The van der Waals surface area contributed by atoms with Gasteiger partial charge in [-0.15, -0.1) is 0 Å². The molecule has 7 nitrogen and oxygen atoms in total. The van der Waals surface area contributed by atoms with Gasteiger partial charge in [0.25, 0.3) is 0 Å². The summed E-state index contributed by atoms with van der Waals surface area (Å²) in [6, 6.07) is 1.35. The highest BCUT2D eigenvalue weighted by Crippen LogP contribution is 2.40.